The third-order valence-corrected chi connectivity index (χ3v) is 6.61. The Labute approximate surface area is 230 Å². The summed E-state index contributed by atoms with van der Waals surface area (Å²) in [7, 11) is 1.50. The lowest BCUT2D eigenvalue weighted by atomic mass is 10.0. The van der Waals surface area contributed by atoms with Crippen LogP contribution in [0.5, 0.6) is 5.75 Å². The van der Waals surface area contributed by atoms with E-state index >= 15 is 0 Å². The Hall–Kier alpha value is -4.75. The molecule has 0 unspecified atom stereocenters. The first kappa shape index (κ1) is 29.2. The van der Waals surface area contributed by atoms with Crippen LogP contribution in [-0.4, -0.2) is 65.5 Å². The Morgan fingerprint density at radius 1 is 1.02 bits per heavy atom. The summed E-state index contributed by atoms with van der Waals surface area (Å²) in [5, 5.41) is 3.74. The van der Waals surface area contributed by atoms with Gasteiger partial charge in [-0.05, 0) is 54.1 Å². The lowest BCUT2D eigenvalue weighted by Crippen LogP contribution is -2.52. The van der Waals surface area contributed by atoms with E-state index in [1.54, 1.807) is 24.3 Å². The van der Waals surface area contributed by atoms with Gasteiger partial charge in [0, 0.05) is 36.8 Å². The number of benzene rings is 2. The number of amides is 2. The second-order valence-corrected chi connectivity index (χ2v) is 9.22. The zero-order chi connectivity index (χ0) is 30.1. The summed E-state index contributed by atoms with van der Waals surface area (Å²) >= 11 is 0. The van der Waals surface area contributed by atoms with Crippen molar-refractivity contribution in [1.29, 1.82) is 0 Å². The first-order valence-corrected chi connectivity index (χ1v) is 12.2. The molecule has 1 aliphatic rings. The van der Waals surface area contributed by atoms with Crippen molar-refractivity contribution in [2.24, 2.45) is 0 Å². The average molecular weight is 577 g/mol. The van der Waals surface area contributed by atoms with E-state index < -0.39 is 29.4 Å². The van der Waals surface area contributed by atoms with Crippen molar-refractivity contribution in [3.63, 3.8) is 0 Å². The fourth-order valence-electron chi connectivity index (χ4n) is 4.22. The monoisotopic (exact) mass is 576 g/mol. The van der Waals surface area contributed by atoms with E-state index in [0.717, 1.165) is 6.07 Å². The number of halogens is 4. The van der Waals surface area contributed by atoms with Crippen molar-refractivity contribution < 1.29 is 41.5 Å². The topological polar surface area (TPSA) is 111 Å². The van der Waals surface area contributed by atoms with Gasteiger partial charge in [-0.15, -0.1) is 5.10 Å². The van der Waals surface area contributed by atoms with Gasteiger partial charge in [0.2, 0.25) is 5.91 Å². The molecule has 2 heterocycles. The third kappa shape index (κ3) is 6.21. The van der Waals surface area contributed by atoms with Crippen molar-refractivity contribution in [3.8, 4) is 5.75 Å². The maximum Gasteiger partial charge on any atom is 0.493 e. The van der Waals surface area contributed by atoms with Crippen LogP contribution in [0, 0.1) is 19.7 Å². The summed E-state index contributed by atoms with van der Waals surface area (Å²) in [5.41, 5.74) is -0.105. The molecule has 4 rings (SSSR count). The molecule has 1 saturated heterocycles. The Balaban J connectivity index is 1.55. The number of anilines is 1. The van der Waals surface area contributed by atoms with E-state index in [1.165, 1.54) is 42.9 Å². The van der Waals surface area contributed by atoms with Crippen molar-refractivity contribution >= 4 is 23.5 Å². The van der Waals surface area contributed by atoms with Crippen molar-refractivity contribution in [1.82, 2.24) is 14.8 Å². The SMILES string of the molecule is COc1cccc(N2CCN(C(=O)c3cc(Cc4nn(OC(=O)C(F)(F)F)c(=O)c(C)c4C)ccc3F)CC2=O)c1. The molecule has 1 aliphatic heterocycles. The lowest BCUT2D eigenvalue weighted by molar-refractivity contribution is -0.202. The average Bonchev–Trinajstić information content (AvgIpc) is 2.94. The quantitative estimate of drug-likeness (QED) is 0.415. The predicted molar refractivity (Wildman–Crippen MR) is 136 cm³/mol. The fraction of sp³-hybridized carbons (Fsp3) is 0.296. The minimum atomic E-state index is -5.35. The summed E-state index contributed by atoms with van der Waals surface area (Å²) in [6.45, 7) is 2.82. The molecule has 10 nitrogen and oxygen atoms in total. The van der Waals surface area contributed by atoms with Gasteiger partial charge in [-0.2, -0.15) is 13.2 Å². The summed E-state index contributed by atoms with van der Waals surface area (Å²) in [4.78, 5) is 56.4. The third-order valence-electron chi connectivity index (χ3n) is 6.61. The van der Waals surface area contributed by atoms with Gasteiger partial charge in [0.05, 0.1) is 18.4 Å². The molecule has 0 radical (unpaired) electrons. The van der Waals surface area contributed by atoms with Gasteiger partial charge in [0.15, 0.2) is 0 Å². The normalized spacial score (nSPS) is 13.8. The summed E-state index contributed by atoms with van der Waals surface area (Å²) in [6.07, 6.45) is -5.49. The van der Waals surface area contributed by atoms with E-state index in [1.807, 2.05) is 0 Å². The van der Waals surface area contributed by atoms with Crippen LogP contribution in [0.2, 0.25) is 0 Å². The van der Waals surface area contributed by atoms with Crippen LogP contribution in [0.25, 0.3) is 0 Å². The number of hydrogen-bond donors (Lipinski definition) is 0. The molecule has 41 heavy (non-hydrogen) atoms. The molecule has 0 spiro atoms. The van der Waals surface area contributed by atoms with E-state index in [-0.39, 0.29) is 53.6 Å². The number of piperazine rings is 1. The minimum absolute atomic E-state index is 0.0178. The molecule has 1 fully saturated rings. The number of hydrogen-bond acceptors (Lipinski definition) is 7. The number of ether oxygens (including phenoxy) is 1. The molecule has 0 N–H and O–H groups in total. The molecule has 0 aliphatic carbocycles. The van der Waals surface area contributed by atoms with E-state index in [0.29, 0.717) is 22.6 Å². The molecule has 0 saturated carbocycles. The fourth-order valence-corrected chi connectivity index (χ4v) is 4.22. The Kier molecular flexibility index (Phi) is 8.12. The molecule has 3 aromatic rings. The number of alkyl halides is 3. The number of carbonyl (C=O) groups excluding carboxylic acids is 3. The first-order chi connectivity index (χ1) is 19.3. The van der Waals surface area contributed by atoms with Gasteiger partial charge in [-0.25, -0.2) is 9.18 Å². The van der Waals surface area contributed by atoms with Gasteiger partial charge in [-0.3, -0.25) is 14.4 Å². The summed E-state index contributed by atoms with van der Waals surface area (Å²) in [6, 6.07) is 10.5. The highest BCUT2D eigenvalue weighted by atomic mass is 19.4. The Morgan fingerprint density at radius 3 is 2.41 bits per heavy atom. The molecular weight excluding hydrogens is 552 g/mol. The number of nitrogens with zero attached hydrogens (tertiary/aromatic N) is 4. The van der Waals surface area contributed by atoms with Crippen LogP contribution in [-0.2, 0) is 16.0 Å². The molecule has 1 aromatic heterocycles. The van der Waals surface area contributed by atoms with Crippen molar-refractivity contribution in [3.05, 3.63) is 86.6 Å². The van der Waals surface area contributed by atoms with Gasteiger partial charge >= 0.3 is 17.7 Å². The standard InChI is InChI=1S/C27H24F4N4O6/c1-15-16(2)24(37)35(41-26(39)27(29,30)31)32-22(15)12-17-7-8-21(28)20(11-17)25(38)33-9-10-34(23(36)14-33)18-5-4-6-19(13-18)40-3/h4-8,11,13H,9-10,12,14H2,1-3H3. The van der Waals surface area contributed by atoms with Gasteiger partial charge in [0.25, 0.3) is 5.91 Å². The Morgan fingerprint density at radius 2 is 1.76 bits per heavy atom. The molecule has 0 bridgehead atoms. The summed E-state index contributed by atoms with van der Waals surface area (Å²) in [5.74, 6) is -4.02. The smallest absolute Gasteiger partial charge is 0.493 e. The predicted octanol–water partition coefficient (Wildman–Crippen LogP) is 2.61. The molecule has 0 atom stereocenters. The highest BCUT2D eigenvalue weighted by Gasteiger charge is 2.42. The maximum absolute atomic E-state index is 14.8. The molecule has 14 heteroatoms. The van der Waals surface area contributed by atoms with Crippen molar-refractivity contribution in [2.45, 2.75) is 26.4 Å². The van der Waals surface area contributed by atoms with Gasteiger partial charge in [0.1, 0.15) is 18.1 Å². The lowest BCUT2D eigenvalue weighted by Gasteiger charge is -2.34. The van der Waals surface area contributed by atoms with E-state index in [2.05, 4.69) is 9.94 Å². The van der Waals surface area contributed by atoms with Gasteiger partial charge in [-0.1, -0.05) is 12.1 Å². The van der Waals surface area contributed by atoms with Crippen molar-refractivity contribution in [2.75, 3.05) is 31.6 Å². The van der Waals surface area contributed by atoms with Gasteiger partial charge < -0.3 is 19.4 Å². The minimum Gasteiger partial charge on any atom is -0.497 e. The molecule has 216 valence electrons. The highest BCUT2D eigenvalue weighted by molar-refractivity contribution is 6.02. The zero-order valence-electron chi connectivity index (χ0n) is 22.1. The molecule has 2 amide bonds. The summed E-state index contributed by atoms with van der Waals surface area (Å²) < 4.78 is 57.9. The van der Waals surface area contributed by atoms with E-state index in [9.17, 15) is 36.7 Å². The number of methoxy groups -OCH3 is 1. The largest absolute Gasteiger partial charge is 0.497 e. The van der Waals surface area contributed by atoms with Crippen LogP contribution in [0.1, 0.15) is 32.7 Å². The second kappa shape index (κ2) is 11.4. The maximum atomic E-state index is 14.8. The number of rotatable bonds is 6. The zero-order valence-corrected chi connectivity index (χ0v) is 22.1. The molecule has 2 aromatic carbocycles. The number of aromatic nitrogens is 2. The van der Waals surface area contributed by atoms with Crippen LogP contribution in [0.4, 0.5) is 23.2 Å². The van der Waals surface area contributed by atoms with Crippen LogP contribution >= 0.6 is 0 Å². The molecular formula is C27H24F4N4O6. The highest BCUT2D eigenvalue weighted by Crippen LogP contribution is 2.24. The first-order valence-electron chi connectivity index (χ1n) is 12.2. The van der Waals surface area contributed by atoms with Crippen LogP contribution < -0.4 is 20.0 Å². The number of carbonyl (C=O) groups is 3. The Bertz CT molecular complexity index is 1590. The second-order valence-electron chi connectivity index (χ2n) is 9.22. The van der Waals surface area contributed by atoms with E-state index in [4.69, 9.17) is 4.74 Å². The van der Waals surface area contributed by atoms with Crippen LogP contribution in [0.3, 0.4) is 0 Å². The van der Waals surface area contributed by atoms with Crippen LogP contribution in [0.15, 0.2) is 47.3 Å².